The number of nitrogens with zero attached hydrogens (tertiary/aromatic N) is 1. The summed E-state index contributed by atoms with van der Waals surface area (Å²) in [6.07, 6.45) is 0.775. The molecule has 4 heteroatoms. The molecule has 0 saturated heterocycles. The van der Waals surface area contributed by atoms with Crippen molar-refractivity contribution in [3.8, 4) is 5.75 Å². The first-order valence-corrected chi connectivity index (χ1v) is 7.06. The summed E-state index contributed by atoms with van der Waals surface area (Å²) in [5.41, 5.74) is 8.77. The predicted octanol–water partition coefficient (Wildman–Crippen LogP) is 1.92. The highest BCUT2D eigenvalue weighted by Crippen LogP contribution is 2.25. The van der Waals surface area contributed by atoms with Crippen LogP contribution < -0.4 is 5.73 Å². The Hall–Kier alpha value is -2.33. The average molecular weight is 282 g/mol. The number of aromatic hydroxyl groups is 1. The minimum Gasteiger partial charge on any atom is -0.508 e. The molecule has 1 heterocycles. The lowest BCUT2D eigenvalue weighted by molar-refractivity contribution is 0.0647. The number of benzene rings is 2. The summed E-state index contributed by atoms with van der Waals surface area (Å²) < 4.78 is 0. The largest absolute Gasteiger partial charge is 0.508 e. The van der Waals surface area contributed by atoms with Gasteiger partial charge in [0.15, 0.2) is 0 Å². The third-order valence-electron chi connectivity index (χ3n) is 3.98. The van der Waals surface area contributed by atoms with E-state index in [9.17, 15) is 9.90 Å². The first kappa shape index (κ1) is 13.6. The smallest absolute Gasteiger partial charge is 0.254 e. The quantitative estimate of drug-likeness (QED) is 0.884. The number of nitrogens with two attached hydrogens (primary N) is 1. The van der Waals surface area contributed by atoms with E-state index in [0.29, 0.717) is 18.7 Å². The molecule has 0 saturated carbocycles. The fourth-order valence-corrected chi connectivity index (χ4v) is 2.84. The molecule has 4 nitrogen and oxygen atoms in total. The van der Waals surface area contributed by atoms with Crippen molar-refractivity contribution in [3.63, 3.8) is 0 Å². The van der Waals surface area contributed by atoms with E-state index >= 15 is 0 Å². The minimum absolute atomic E-state index is 0.00486. The summed E-state index contributed by atoms with van der Waals surface area (Å²) in [5, 5.41) is 9.55. The Morgan fingerprint density at radius 2 is 1.95 bits per heavy atom. The van der Waals surface area contributed by atoms with Crippen LogP contribution in [0.4, 0.5) is 0 Å². The van der Waals surface area contributed by atoms with E-state index < -0.39 is 0 Å². The molecule has 1 atom stereocenters. The first-order valence-electron chi connectivity index (χ1n) is 7.06. The molecule has 0 radical (unpaired) electrons. The molecule has 1 amide bonds. The van der Waals surface area contributed by atoms with Crippen molar-refractivity contribution < 1.29 is 9.90 Å². The molecule has 1 aliphatic rings. The maximum Gasteiger partial charge on any atom is 0.254 e. The highest BCUT2D eigenvalue weighted by Gasteiger charge is 2.29. The standard InChI is InChI=1S/C17H18N2O2/c18-10-15-8-12-4-1-2-5-14(12)11-19(15)17(21)13-6-3-7-16(20)9-13/h1-7,9,15,20H,8,10-11,18H2/t15-/m0/s1. The number of phenols is 1. The fourth-order valence-electron chi connectivity index (χ4n) is 2.84. The Kier molecular flexibility index (Phi) is 3.62. The Balaban J connectivity index is 1.92. The molecular formula is C17H18N2O2. The van der Waals surface area contributed by atoms with Crippen LogP contribution in [-0.2, 0) is 13.0 Å². The summed E-state index contributed by atoms with van der Waals surface area (Å²) in [6.45, 7) is 0.991. The van der Waals surface area contributed by atoms with Crippen molar-refractivity contribution in [1.82, 2.24) is 4.90 Å². The third kappa shape index (κ3) is 2.62. The van der Waals surface area contributed by atoms with Crippen LogP contribution in [0.3, 0.4) is 0 Å². The molecule has 3 N–H and O–H groups in total. The van der Waals surface area contributed by atoms with Gasteiger partial charge in [0.05, 0.1) is 0 Å². The predicted molar refractivity (Wildman–Crippen MR) is 81.0 cm³/mol. The van der Waals surface area contributed by atoms with E-state index in [2.05, 4.69) is 6.07 Å². The van der Waals surface area contributed by atoms with Crippen LogP contribution in [0.1, 0.15) is 21.5 Å². The van der Waals surface area contributed by atoms with Gasteiger partial charge in [0, 0.05) is 24.7 Å². The SMILES string of the molecule is NC[C@@H]1Cc2ccccc2CN1C(=O)c1cccc(O)c1. The van der Waals surface area contributed by atoms with Gasteiger partial charge in [-0.15, -0.1) is 0 Å². The van der Waals surface area contributed by atoms with Gasteiger partial charge >= 0.3 is 0 Å². The van der Waals surface area contributed by atoms with Gasteiger partial charge in [0.1, 0.15) is 5.75 Å². The molecule has 21 heavy (non-hydrogen) atoms. The second kappa shape index (κ2) is 5.58. The molecule has 108 valence electrons. The van der Waals surface area contributed by atoms with Crippen LogP contribution in [0.2, 0.25) is 0 Å². The lowest BCUT2D eigenvalue weighted by Crippen LogP contribution is -2.48. The maximum atomic E-state index is 12.7. The molecule has 0 aromatic heterocycles. The molecule has 0 fully saturated rings. The van der Waals surface area contributed by atoms with Crippen LogP contribution in [0.15, 0.2) is 48.5 Å². The molecular weight excluding hydrogens is 264 g/mol. The van der Waals surface area contributed by atoms with Crippen molar-refractivity contribution in [3.05, 3.63) is 65.2 Å². The molecule has 0 unspecified atom stereocenters. The highest BCUT2D eigenvalue weighted by molar-refractivity contribution is 5.95. The zero-order valence-corrected chi connectivity index (χ0v) is 11.7. The summed E-state index contributed by atoms with van der Waals surface area (Å²) in [7, 11) is 0. The summed E-state index contributed by atoms with van der Waals surface area (Å²) >= 11 is 0. The lowest BCUT2D eigenvalue weighted by Gasteiger charge is -2.36. The van der Waals surface area contributed by atoms with Gasteiger partial charge in [-0.1, -0.05) is 30.3 Å². The van der Waals surface area contributed by atoms with Crippen LogP contribution in [0.5, 0.6) is 5.75 Å². The van der Waals surface area contributed by atoms with E-state index in [1.54, 1.807) is 23.1 Å². The van der Waals surface area contributed by atoms with Crippen molar-refractivity contribution >= 4 is 5.91 Å². The number of hydrogen-bond acceptors (Lipinski definition) is 3. The van der Waals surface area contributed by atoms with Gasteiger partial charge in [0.2, 0.25) is 0 Å². The monoisotopic (exact) mass is 282 g/mol. The van der Waals surface area contributed by atoms with Crippen molar-refractivity contribution in [2.24, 2.45) is 5.73 Å². The fraction of sp³-hybridized carbons (Fsp3) is 0.235. The van der Waals surface area contributed by atoms with Crippen molar-refractivity contribution in [1.29, 1.82) is 0 Å². The Bertz CT molecular complexity index is 669. The number of rotatable bonds is 2. The zero-order valence-electron chi connectivity index (χ0n) is 11.7. The summed E-state index contributed by atoms with van der Waals surface area (Å²) in [5.74, 6) is 0.0124. The average Bonchev–Trinajstić information content (AvgIpc) is 2.53. The van der Waals surface area contributed by atoms with Gasteiger partial charge < -0.3 is 15.7 Å². The minimum atomic E-state index is -0.0872. The number of amides is 1. The van der Waals surface area contributed by atoms with Crippen LogP contribution in [0, 0.1) is 0 Å². The van der Waals surface area contributed by atoms with Crippen LogP contribution in [0.25, 0.3) is 0 Å². The van der Waals surface area contributed by atoms with Gasteiger partial charge in [-0.2, -0.15) is 0 Å². The van der Waals surface area contributed by atoms with Crippen molar-refractivity contribution in [2.45, 2.75) is 19.0 Å². The first-order chi connectivity index (χ1) is 10.2. The van der Waals surface area contributed by atoms with E-state index in [0.717, 1.165) is 12.0 Å². The number of hydrogen-bond donors (Lipinski definition) is 2. The van der Waals surface area contributed by atoms with Crippen LogP contribution in [-0.4, -0.2) is 28.5 Å². The van der Waals surface area contributed by atoms with E-state index in [1.807, 2.05) is 18.2 Å². The van der Waals surface area contributed by atoms with E-state index in [1.165, 1.54) is 11.6 Å². The highest BCUT2D eigenvalue weighted by atomic mass is 16.3. The van der Waals surface area contributed by atoms with Gasteiger partial charge in [-0.25, -0.2) is 0 Å². The third-order valence-corrected chi connectivity index (χ3v) is 3.98. The van der Waals surface area contributed by atoms with Gasteiger partial charge in [0.25, 0.3) is 5.91 Å². The molecule has 1 aliphatic heterocycles. The Morgan fingerprint density at radius 3 is 2.67 bits per heavy atom. The second-order valence-electron chi connectivity index (χ2n) is 5.35. The molecule has 0 spiro atoms. The summed E-state index contributed by atoms with van der Waals surface area (Å²) in [4.78, 5) is 14.5. The molecule has 2 aromatic rings. The second-order valence-corrected chi connectivity index (χ2v) is 5.35. The topological polar surface area (TPSA) is 66.6 Å². The number of carbonyl (C=O) groups is 1. The zero-order chi connectivity index (χ0) is 14.8. The molecule has 0 bridgehead atoms. The number of phenolic OH excluding ortho intramolecular Hbond substituents is 1. The molecule has 0 aliphatic carbocycles. The molecule has 2 aromatic carbocycles. The van der Waals surface area contributed by atoms with E-state index in [4.69, 9.17) is 5.73 Å². The van der Waals surface area contributed by atoms with Gasteiger partial charge in [-0.05, 0) is 35.7 Å². The van der Waals surface area contributed by atoms with E-state index in [-0.39, 0.29) is 17.7 Å². The Morgan fingerprint density at radius 1 is 1.19 bits per heavy atom. The maximum absolute atomic E-state index is 12.7. The summed E-state index contributed by atoms with van der Waals surface area (Å²) in [6, 6.07) is 14.6. The van der Waals surface area contributed by atoms with Crippen LogP contribution >= 0.6 is 0 Å². The number of fused-ring (bicyclic) bond motifs is 1. The van der Waals surface area contributed by atoms with Gasteiger partial charge in [-0.3, -0.25) is 4.79 Å². The molecule has 3 rings (SSSR count). The number of carbonyl (C=O) groups excluding carboxylic acids is 1. The van der Waals surface area contributed by atoms with Crippen molar-refractivity contribution in [2.75, 3.05) is 6.54 Å². The lowest BCUT2D eigenvalue weighted by atomic mass is 9.93. The Labute approximate surface area is 123 Å². The normalized spacial score (nSPS) is 17.4.